The molecule has 116 valence electrons. The van der Waals surface area contributed by atoms with Gasteiger partial charge in [-0.15, -0.1) is 0 Å². The molecular weight excluding hydrogens is 258 g/mol. The number of rotatable bonds is 4. The molecule has 1 fully saturated rings. The van der Waals surface area contributed by atoms with Gasteiger partial charge in [0.05, 0.1) is 12.0 Å². The Labute approximate surface area is 121 Å². The van der Waals surface area contributed by atoms with E-state index < -0.39 is 23.7 Å². The zero-order valence-corrected chi connectivity index (χ0v) is 13.3. The fraction of sp³-hybridized carbons (Fsp3) is 0.867. The highest BCUT2D eigenvalue weighted by atomic mass is 16.6. The minimum atomic E-state index is -0.738. The fourth-order valence-electron chi connectivity index (χ4n) is 2.58. The average Bonchev–Trinajstić information content (AvgIpc) is 2.34. The fourth-order valence-corrected chi connectivity index (χ4v) is 2.58. The SMILES string of the molecule is CC[C@H](O)[C@@H](C)C(=O)N1C(=O)OC(C)(C)C[C@@H]1C(C)C. The van der Waals surface area contributed by atoms with Gasteiger partial charge in [-0.3, -0.25) is 4.79 Å². The summed E-state index contributed by atoms with van der Waals surface area (Å²) in [7, 11) is 0. The largest absolute Gasteiger partial charge is 0.443 e. The lowest BCUT2D eigenvalue weighted by atomic mass is 9.87. The van der Waals surface area contributed by atoms with Crippen molar-refractivity contribution in [2.24, 2.45) is 11.8 Å². The first-order valence-electron chi connectivity index (χ1n) is 7.34. The van der Waals surface area contributed by atoms with Crippen LogP contribution in [0.4, 0.5) is 4.79 Å². The van der Waals surface area contributed by atoms with Crippen molar-refractivity contribution >= 4 is 12.0 Å². The molecule has 1 heterocycles. The molecule has 0 unspecified atom stereocenters. The number of hydrogen-bond donors (Lipinski definition) is 1. The predicted octanol–water partition coefficient (Wildman–Crippen LogP) is 2.57. The molecule has 0 aliphatic carbocycles. The van der Waals surface area contributed by atoms with Crippen molar-refractivity contribution in [3.8, 4) is 0 Å². The lowest BCUT2D eigenvalue weighted by Crippen LogP contribution is -2.58. The minimum absolute atomic E-state index is 0.150. The molecule has 0 saturated carbocycles. The molecule has 0 spiro atoms. The van der Waals surface area contributed by atoms with Crippen LogP contribution in [-0.2, 0) is 9.53 Å². The number of carbonyl (C=O) groups excluding carboxylic acids is 2. The topological polar surface area (TPSA) is 66.8 Å². The highest BCUT2D eigenvalue weighted by Gasteiger charge is 2.45. The first-order valence-corrected chi connectivity index (χ1v) is 7.34. The maximum Gasteiger partial charge on any atom is 0.417 e. The van der Waals surface area contributed by atoms with Crippen molar-refractivity contribution in [1.29, 1.82) is 0 Å². The van der Waals surface area contributed by atoms with E-state index in [1.807, 2.05) is 34.6 Å². The highest BCUT2D eigenvalue weighted by Crippen LogP contribution is 2.32. The number of aliphatic hydroxyl groups excluding tert-OH is 1. The van der Waals surface area contributed by atoms with Crippen LogP contribution in [0.15, 0.2) is 0 Å². The molecular formula is C15H27NO4. The third-order valence-electron chi connectivity index (χ3n) is 3.98. The van der Waals surface area contributed by atoms with Crippen molar-refractivity contribution in [3.05, 3.63) is 0 Å². The molecule has 1 aliphatic rings. The molecule has 0 radical (unpaired) electrons. The second-order valence-electron chi connectivity index (χ2n) is 6.62. The Balaban J connectivity index is 3.00. The maximum absolute atomic E-state index is 12.5. The molecule has 1 N–H and O–H groups in total. The summed E-state index contributed by atoms with van der Waals surface area (Å²) in [5.74, 6) is -0.800. The number of imide groups is 1. The van der Waals surface area contributed by atoms with Crippen LogP contribution >= 0.6 is 0 Å². The van der Waals surface area contributed by atoms with Crippen molar-refractivity contribution in [3.63, 3.8) is 0 Å². The van der Waals surface area contributed by atoms with E-state index in [1.165, 1.54) is 4.90 Å². The number of nitrogens with zero attached hydrogens (tertiary/aromatic N) is 1. The maximum atomic E-state index is 12.5. The summed E-state index contributed by atoms with van der Waals surface area (Å²) < 4.78 is 5.34. The predicted molar refractivity (Wildman–Crippen MR) is 76.1 cm³/mol. The lowest BCUT2D eigenvalue weighted by molar-refractivity contribution is -0.147. The number of ether oxygens (including phenoxy) is 1. The van der Waals surface area contributed by atoms with Crippen LogP contribution in [0.3, 0.4) is 0 Å². The Bertz CT molecular complexity index is 378. The van der Waals surface area contributed by atoms with Gasteiger partial charge in [-0.1, -0.05) is 27.7 Å². The van der Waals surface area contributed by atoms with Gasteiger partial charge in [0.2, 0.25) is 5.91 Å². The third-order valence-corrected chi connectivity index (χ3v) is 3.98. The number of carbonyl (C=O) groups is 2. The number of amides is 2. The Morgan fingerprint density at radius 3 is 2.45 bits per heavy atom. The first kappa shape index (κ1) is 17.0. The van der Waals surface area contributed by atoms with Crippen molar-refractivity contribution < 1.29 is 19.4 Å². The molecule has 0 aromatic rings. The first-order chi connectivity index (χ1) is 9.10. The van der Waals surface area contributed by atoms with Crippen molar-refractivity contribution in [2.75, 3.05) is 0 Å². The standard InChI is InChI=1S/C15H27NO4/c1-7-12(17)10(4)13(18)16-11(9(2)3)8-15(5,6)20-14(16)19/h9-12,17H,7-8H2,1-6H3/t10-,11-,12+/m1/s1. The Kier molecular flexibility index (Phi) is 5.19. The zero-order valence-electron chi connectivity index (χ0n) is 13.3. The van der Waals surface area contributed by atoms with E-state index in [-0.39, 0.29) is 17.9 Å². The van der Waals surface area contributed by atoms with Crippen LogP contribution in [0.5, 0.6) is 0 Å². The summed E-state index contributed by atoms with van der Waals surface area (Å²) in [5, 5.41) is 9.84. The van der Waals surface area contributed by atoms with Crippen LogP contribution in [0.2, 0.25) is 0 Å². The average molecular weight is 285 g/mol. The van der Waals surface area contributed by atoms with Crippen LogP contribution in [0, 0.1) is 11.8 Å². The third kappa shape index (κ3) is 3.51. The van der Waals surface area contributed by atoms with Gasteiger partial charge in [-0.25, -0.2) is 9.69 Å². The smallest absolute Gasteiger partial charge is 0.417 e. The molecule has 5 heteroatoms. The van der Waals surface area contributed by atoms with Gasteiger partial charge in [0.1, 0.15) is 5.60 Å². The molecule has 0 aromatic heterocycles. The van der Waals surface area contributed by atoms with Gasteiger partial charge < -0.3 is 9.84 Å². The van der Waals surface area contributed by atoms with E-state index in [0.29, 0.717) is 12.8 Å². The van der Waals surface area contributed by atoms with Gasteiger partial charge in [0.15, 0.2) is 0 Å². The molecule has 1 saturated heterocycles. The van der Waals surface area contributed by atoms with E-state index in [1.54, 1.807) is 6.92 Å². The Morgan fingerprint density at radius 1 is 1.45 bits per heavy atom. The van der Waals surface area contributed by atoms with Crippen LogP contribution in [0.1, 0.15) is 54.4 Å². The molecule has 5 nitrogen and oxygen atoms in total. The van der Waals surface area contributed by atoms with Crippen molar-refractivity contribution in [2.45, 2.75) is 72.1 Å². The molecule has 3 atom stereocenters. The van der Waals surface area contributed by atoms with E-state index in [0.717, 1.165) is 0 Å². The van der Waals surface area contributed by atoms with Crippen LogP contribution in [-0.4, -0.2) is 39.8 Å². The van der Waals surface area contributed by atoms with E-state index in [9.17, 15) is 14.7 Å². The molecule has 1 rings (SSSR count). The minimum Gasteiger partial charge on any atom is -0.443 e. The summed E-state index contributed by atoms with van der Waals surface area (Å²) in [6, 6.07) is -0.190. The quantitative estimate of drug-likeness (QED) is 0.862. The zero-order chi connectivity index (χ0) is 15.7. The van der Waals surface area contributed by atoms with Gasteiger partial charge in [-0.2, -0.15) is 0 Å². The molecule has 1 aliphatic heterocycles. The van der Waals surface area contributed by atoms with Crippen LogP contribution < -0.4 is 0 Å². The van der Waals surface area contributed by atoms with Gasteiger partial charge in [0.25, 0.3) is 0 Å². The normalized spacial score (nSPS) is 25.3. The molecule has 20 heavy (non-hydrogen) atoms. The van der Waals surface area contributed by atoms with E-state index >= 15 is 0 Å². The summed E-state index contributed by atoms with van der Waals surface area (Å²) >= 11 is 0. The summed E-state index contributed by atoms with van der Waals surface area (Å²) in [6.07, 6.45) is -0.247. The van der Waals surface area contributed by atoms with Gasteiger partial charge in [-0.05, 0) is 26.2 Å². The Hall–Kier alpha value is -1.10. The molecule has 0 bridgehead atoms. The summed E-state index contributed by atoms with van der Waals surface area (Å²) in [4.78, 5) is 25.9. The molecule has 0 aromatic carbocycles. The molecule has 2 amide bonds. The van der Waals surface area contributed by atoms with E-state index in [2.05, 4.69) is 0 Å². The second kappa shape index (κ2) is 6.12. The van der Waals surface area contributed by atoms with Gasteiger partial charge >= 0.3 is 6.09 Å². The highest BCUT2D eigenvalue weighted by molar-refractivity contribution is 5.94. The summed E-state index contributed by atoms with van der Waals surface area (Å²) in [6.45, 7) is 11.1. The number of aliphatic hydroxyl groups is 1. The van der Waals surface area contributed by atoms with Crippen molar-refractivity contribution in [1.82, 2.24) is 4.90 Å². The monoisotopic (exact) mass is 285 g/mol. The lowest BCUT2D eigenvalue weighted by Gasteiger charge is -2.44. The Morgan fingerprint density at radius 2 is 2.00 bits per heavy atom. The second-order valence-corrected chi connectivity index (χ2v) is 6.62. The van der Waals surface area contributed by atoms with Gasteiger partial charge in [0, 0.05) is 12.5 Å². The van der Waals surface area contributed by atoms with Crippen LogP contribution in [0.25, 0.3) is 0 Å². The summed E-state index contributed by atoms with van der Waals surface area (Å²) in [5.41, 5.74) is -0.560. The number of hydrogen-bond acceptors (Lipinski definition) is 4. The number of cyclic esters (lactones) is 1. The van der Waals surface area contributed by atoms with E-state index in [4.69, 9.17) is 4.74 Å².